The van der Waals surface area contributed by atoms with Gasteiger partial charge in [-0.05, 0) is 24.7 Å². The van der Waals surface area contributed by atoms with Crippen LogP contribution < -0.4 is 4.90 Å². The molecule has 0 spiro atoms. The van der Waals surface area contributed by atoms with Crippen LogP contribution in [0.4, 0.5) is 5.82 Å². The Morgan fingerprint density at radius 3 is 2.81 bits per heavy atom. The number of anilines is 1. The zero-order valence-corrected chi connectivity index (χ0v) is 9.39. The standard InChI is InChI=1S/C12H15N3O/c1-3-10-4-5-11(13-8-10)15-7-6-14(2)9-12(15)16/h3-5,8H,1,6-7,9H2,2H3. The normalized spacial score (nSPS) is 17.6. The highest BCUT2D eigenvalue weighted by Crippen LogP contribution is 2.14. The van der Waals surface area contributed by atoms with E-state index in [4.69, 9.17) is 0 Å². The zero-order valence-electron chi connectivity index (χ0n) is 9.39. The molecular formula is C12H15N3O. The van der Waals surface area contributed by atoms with Gasteiger partial charge < -0.3 is 0 Å². The molecule has 0 bridgehead atoms. The second kappa shape index (κ2) is 4.45. The van der Waals surface area contributed by atoms with Crippen LogP contribution in [0.25, 0.3) is 6.08 Å². The van der Waals surface area contributed by atoms with Crippen molar-refractivity contribution in [1.29, 1.82) is 0 Å². The first-order chi connectivity index (χ1) is 7.70. The van der Waals surface area contributed by atoms with Gasteiger partial charge in [0.15, 0.2) is 0 Å². The third-order valence-corrected chi connectivity index (χ3v) is 2.69. The monoisotopic (exact) mass is 217 g/mol. The quantitative estimate of drug-likeness (QED) is 0.741. The van der Waals surface area contributed by atoms with E-state index in [0.717, 1.165) is 17.9 Å². The Morgan fingerprint density at radius 2 is 2.25 bits per heavy atom. The molecule has 0 N–H and O–H groups in total. The predicted octanol–water partition coefficient (Wildman–Crippen LogP) is 1.00. The summed E-state index contributed by atoms with van der Waals surface area (Å²) >= 11 is 0. The maximum absolute atomic E-state index is 11.8. The minimum atomic E-state index is 0.104. The van der Waals surface area contributed by atoms with Crippen molar-refractivity contribution in [2.24, 2.45) is 0 Å². The van der Waals surface area contributed by atoms with Gasteiger partial charge in [-0.2, -0.15) is 0 Å². The maximum atomic E-state index is 11.8. The van der Waals surface area contributed by atoms with Gasteiger partial charge in [0.05, 0.1) is 6.54 Å². The fourth-order valence-corrected chi connectivity index (χ4v) is 1.71. The fourth-order valence-electron chi connectivity index (χ4n) is 1.71. The largest absolute Gasteiger partial charge is 0.296 e. The Hall–Kier alpha value is -1.68. The first-order valence-corrected chi connectivity index (χ1v) is 5.28. The van der Waals surface area contributed by atoms with E-state index in [1.54, 1.807) is 17.2 Å². The lowest BCUT2D eigenvalue weighted by Gasteiger charge is -2.31. The van der Waals surface area contributed by atoms with Crippen molar-refractivity contribution in [1.82, 2.24) is 9.88 Å². The highest BCUT2D eigenvalue weighted by molar-refractivity contribution is 5.94. The van der Waals surface area contributed by atoms with Crippen LogP contribution in [0.5, 0.6) is 0 Å². The maximum Gasteiger partial charge on any atom is 0.242 e. The van der Waals surface area contributed by atoms with Gasteiger partial charge in [0, 0.05) is 19.3 Å². The molecular weight excluding hydrogens is 202 g/mol. The summed E-state index contributed by atoms with van der Waals surface area (Å²) in [6.45, 7) is 5.72. The number of piperazine rings is 1. The Bertz CT molecular complexity index is 399. The van der Waals surface area contributed by atoms with Crippen LogP contribution in [0.2, 0.25) is 0 Å². The summed E-state index contributed by atoms with van der Waals surface area (Å²) in [7, 11) is 1.95. The Kier molecular flexibility index (Phi) is 3.01. The van der Waals surface area contributed by atoms with E-state index < -0.39 is 0 Å². The number of likely N-dealkylation sites (N-methyl/N-ethyl adjacent to an activating group) is 1. The SMILES string of the molecule is C=Cc1ccc(N2CCN(C)CC2=O)nc1. The summed E-state index contributed by atoms with van der Waals surface area (Å²) in [5, 5.41) is 0. The van der Waals surface area contributed by atoms with Gasteiger partial charge in [-0.3, -0.25) is 14.6 Å². The van der Waals surface area contributed by atoms with Gasteiger partial charge in [-0.15, -0.1) is 0 Å². The van der Waals surface area contributed by atoms with Crippen molar-refractivity contribution >= 4 is 17.8 Å². The van der Waals surface area contributed by atoms with Gasteiger partial charge >= 0.3 is 0 Å². The average Bonchev–Trinajstić information content (AvgIpc) is 2.29. The van der Waals surface area contributed by atoms with E-state index in [9.17, 15) is 4.79 Å². The third kappa shape index (κ3) is 2.12. The molecule has 0 aromatic carbocycles. The Morgan fingerprint density at radius 1 is 1.44 bits per heavy atom. The minimum absolute atomic E-state index is 0.104. The van der Waals surface area contributed by atoms with Crippen LogP contribution in [0.15, 0.2) is 24.9 Å². The van der Waals surface area contributed by atoms with Gasteiger partial charge in [-0.25, -0.2) is 4.98 Å². The summed E-state index contributed by atoms with van der Waals surface area (Å²) in [6, 6.07) is 3.78. The molecule has 0 saturated carbocycles. The predicted molar refractivity (Wildman–Crippen MR) is 64.2 cm³/mol. The average molecular weight is 217 g/mol. The topological polar surface area (TPSA) is 36.4 Å². The van der Waals surface area contributed by atoms with Gasteiger partial charge in [-0.1, -0.05) is 12.7 Å². The molecule has 2 heterocycles. The van der Waals surface area contributed by atoms with Crippen molar-refractivity contribution in [3.05, 3.63) is 30.5 Å². The van der Waals surface area contributed by atoms with Crippen LogP contribution in [-0.4, -0.2) is 42.5 Å². The molecule has 2 rings (SSSR count). The lowest BCUT2D eigenvalue weighted by Crippen LogP contribution is -2.49. The van der Waals surface area contributed by atoms with Crippen LogP contribution in [0.3, 0.4) is 0 Å². The number of aromatic nitrogens is 1. The highest BCUT2D eigenvalue weighted by atomic mass is 16.2. The van der Waals surface area contributed by atoms with E-state index in [1.807, 2.05) is 24.1 Å². The molecule has 0 radical (unpaired) electrons. The van der Waals surface area contributed by atoms with Gasteiger partial charge in [0.1, 0.15) is 5.82 Å². The molecule has 1 amide bonds. The number of hydrogen-bond donors (Lipinski definition) is 0. The molecule has 16 heavy (non-hydrogen) atoms. The number of pyridine rings is 1. The van der Waals surface area contributed by atoms with Crippen molar-refractivity contribution in [2.75, 3.05) is 31.6 Å². The molecule has 0 atom stereocenters. The molecule has 0 unspecified atom stereocenters. The lowest BCUT2D eigenvalue weighted by molar-refractivity contribution is -0.120. The van der Waals surface area contributed by atoms with Crippen LogP contribution in [0.1, 0.15) is 5.56 Å². The van der Waals surface area contributed by atoms with E-state index in [1.165, 1.54) is 0 Å². The summed E-state index contributed by atoms with van der Waals surface area (Å²) in [5.74, 6) is 0.830. The molecule has 4 heteroatoms. The summed E-state index contributed by atoms with van der Waals surface area (Å²) in [6.07, 6.45) is 3.47. The minimum Gasteiger partial charge on any atom is -0.296 e. The van der Waals surface area contributed by atoms with Crippen molar-refractivity contribution < 1.29 is 4.79 Å². The van der Waals surface area contributed by atoms with Crippen LogP contribution >= 0.6 is 0 Å². The summed E-state index contributed by atoms with van der Waals surface area (Å²) < 4.78 is 0. The Labute approximate surface area is 95.2 Å². The van der Waals surface area contributed by atoms with E-state index in [2.05, 4.69) is 11.6 Å². The first-order valence-electron chi connectivity index (χ1n) is 5.28. The van der Waals surface area contributed by atoms with Crippen LogP contribution in [-0.2, 0) is 4.79 Å². The fraction of sp³-hybridized carbons (Fsp3) is 0.333. The lowest BCUT2D eigenvalue weighted by atomic mass is 10.2. The molecule has 1 aromatic rings. The van der Waals surface area contributed by atoms with Crippen molar-refractivity contribution in [3.63, 3.8) is 0 Å². The highest BCUT2D eigenvalue weighted by Gasteiger charge is 2.23. The molecule has 1 fully saturated rings. The number of amides is 1. The first kappa shape index (κ1) is 10.8. The smallest absolute Gasteiger partial charge is 0.242 e. The number of rotatable bonds is 2. The van der Waals surface area contributed by atoms with Crippen molar-refractivity contribution in [3.8, 4) is 0 Å². The second-order valence-corrected chi connectivity index (χ2v) is 3.94. The number of carbonyl (C=O) groups is 1. The molecule has 1 aromatic heterocycles. The third-order valence-electron chi connectivity index (χ3n) is 2.69. The summed E-state index contributed by atoms with van der Waals surface area (Å²) in [4.78, 5) is 19.8. The second-order valence-electron chi connectivity index (χ2n) is 3.94. The van der Waals surface area contributed by atoms with E-state index >= 15 is 0 Å². The Balaban J connectivity index is 2.17. The van der Waals surface area contributed by atoms with Crippen LogP contribution in [0, 0.1) is 0 Å². The number of nitrogens with zero attached hydrogens (tertiary/aromatic N) is 3. The molecule has 84 valence electrons. The molecule has 4 nitrogen and oxygen atoms in total. The van der Waals surface area contributed by atoms with E-state index in [0.29, 0.717) is 13.1 Å². The van der Waals surface area contributed by atoms with Gasteiger partial charge in [0.25, 0.3) is 0 Å². The number of hydrogen-bond acceptors (Lipinski definition) is 3. The van der Waals surface area contributed by atoms with Gasteiger partial charge in [0.2, 0.25) is 5.91 Å². The van der Waals surface area contributed by atoms with Crippen molar-refractivity contribution in [2.45, 2.75) is 0 Å². The van der Waals surface area contributed by atoms with E-state index in [-0.39, 0.29) is 5.91 Å². The summed E-state index contributed by atoms with van der Waals surface area (Å²) in [5.41, 5.74) is 0.963. The molecule has 1 aliphatic heterocycles. The zero-order chi connectivity index (χ0) is 11.5. The molecule has 0 aliphatic carbocycles. The number of carbonyl (C=O) groups excluding carboxylic acids is 1. The molecule has 1 saturated heterocycles. The molecule has 1 aliphatic rings.